The Bertz CT molecular complexity index is 1250. The van der Waals surface area contributed by atoms with Gasteiger partial charge in [-0.05, 0) is 61.5 Å². The van der Waals surface area contributed by atoms with Gasteiger partial charge in [-0.1, -0.05) is 12.1 Å². The van der Waals surface area contributed by atoms with Crippen LogP contribution in [0.5, 0.6) is 5.75 Å². The van der Waals surface area contributed by atoms with Gasteiger partial charge in [0, 0.05) is 25.8 Å². The maximum absolute atomic E-state index is 12.8. The number of amides is 1. The van der Waals surface area contributed by atoms with Gasteiger partial charge in [-0.25, -0.2) is 0 Å². The normalized spacial score (nSPS) is 12.5. The molecule has 1 atom stereocenters. The SMILES string of the molecule is COCCCn1c(=S)[nH]c2cc(C(=O)NC(C)c3ccc(OC(F)(F)F)cc3)ccc2c1=O. The highest BCUT2D eigenvalue weighted by molar-refractivity contribution is 7.71. The smallest absolute Gasteiger partial charge is 0.406 e. The van der Waals surface area contributed by atoms with E-state index in [0.29, 0.717) is 41.6 Å². The van der Waals surface area contributed by atoms with Gasteiger partial charge in [0.2, 0.25) is 0 Å². The van der Waals surface area contributed by atoms with E-state index in [0.717, 1.165) is 0 Å². The third-order valence-corrected chi connectivity index (χ3v) is 5.26. The van der Waals surface area contributed by atoms with Crippen molar-refractivity contribution in [1.29, 1.82) is 0 Å². The molecule has 0 aliphatic carbocycles. The van der Waals surface area contributed by atoms with E-state index in [2.05, 4.69) is 15.0 Å². The number of aromatic amines is 1. The average molecular weight is 481 g/mol. The Morgan fingerprint density at radius 3 is 2.55 bits per heavy atom. The van der Waals surface area contributed by atoms with Gasteiger partial charge in [0.05, 0.1) is 16.9 Å². The fraction of sp³-hybridized carbons (Fsp3) is 0.318. The van der Waals surface area contributed by atoms with Crippen LogP contribution in [0.1, 0.15) is 35.3 Å². The lowest BCUT2D eigenvalue weighted by Crippen LogP contribution is -2.27. The second-order valence-corrected chi connectivity index (χ2v) is 7.69. The van der Waals surface area contributed by atoms with Gasteiger partial charge in [0.15, 0.2) is 4.77 Å². The van der Waals surface area contributed by atoms with Gasteiger partial charge in [0.1, 0.15) is 5.75 Å². The first kappa shape index (κ1) is 24.5. The van der Waals surface area contributed by atoms with Crippen molar-refractivity contribution in [3.63, 3.8) is 0 Å². The molecule has 11 heteroatoms. The number of hydrogen-bond donors (Lipinski definition) is 2. The Morgan fingerprint density at radius 1 is 1.21 bits per heavy atom. The Labute approximate surface area is 192 Å². The summed E-state index contributed by atoms with van der Waals surface area (Å²) in [5, 5.41) is 3.18. The van der Waals surface area contributed by atoms with Crippen LogP contribution in [0.25, 0.3) is 10.9 Å². The van der Waals surface area contributed by atoms with E-state index < -0.39 is 18.3 Å². The number of alkyl halides is 3. The van der Waals surface area contributed by atoms with Gasteiger partial charge in [0.25, 0.3) is 11.5 Å². The molecule has 1 amide bonds. The minimum absolute atomic E-state index is 0.246. The van der Waals surface area contributed by atoms with Crippen molar-refractivity contribution in [3.8, 4) is 5.75 Å². The number of fused-ring (bicyclic) bond motifs is 1. The lowest BCUT2D eigenvalue weighted by molar-refractivity contribution is -0.274. The summed E-state index contributed by atoms with van der Waals surface area (Å²) in [6, 6.07) is 9.37. The van der Waals surface area contributed by atoms with Crippen molar-refractivity contribution < 1.29 is 27.4 Å². The van der Waals surface area contributed by atoms with E-state index in [1.807, 2.05) is 0 Å². The molecule has 0 saturated heterocycles. The zero-order valence-corrected chi connectivity index (χ0v) is 18.7. The molecule has 33 heavy (non-hydrogen) atoms. The molecule has 0 radical (unpaired) electrons. The van der Waals surface area contributed by atoms with Crippen molar-refractivity contribution in [2.75, 3.05) is 13.7 Å². The van der Waals surface area contributed by atoms with E-state index in [4.69, 9.17) is 17.0 Å². The lowest BCUT2D eigenvalue weighted by atomic mass is 10.1. The number of rotatable bonds is 8. The van der Waals surface area contributed by atoms with Crippen molar-refractivity contribution in [1.82, 2.24) is 14.9 Å². The van der Waals surface area contributed by atoms with E-state index in [-0.39, 0.29) is 16.1 Å². The van der Waals surface area contributed by atoms with Crippen LogP contribution in [0.3, 0.4) is 0 Å². The van der Waals surface area contributed by atoms with Crippen LogP contribution in [-0.2, 0) is 11.3 Å². The minimum atomic E-state index is -4.77. The molecule has 1 heterocycles. The highest BCUT2D eigenvalue weighted by atomic mass is 32.1. The van der Waals surface area contributed by atoms with Gasteiger partial charge in [-0.3, -0.25) is 14.2 Å². The van der Waals surface area contributed by atoms with Gasteiger partial charge in [-0.15, -0.1) is 13.2 Å². The minimum Gasteiger partial charge on any atom is -0.406 e. The van der Waals surface area contributed by atoms with Gasteiger partial charge >= 0.3 is 6.36 Å². The Balaban J connectivity index is 1.76. The number of carbonyl (C=O) groups excluding carboxylic acids is 1. The molecule has 2 N–H and O–H groups in total. The van der Waals surface area contributed by atoms with Gasteiger partial charge in [-0.2, -0.15) is 0 Å². The standard InChI is InChI=1S/C22H22F3N3O4S/c1-13(14-4-7-16(8-5-14)32-22(23,24)25)26-19(29)15-6-9-17-18(12-15)27-21(33)28(20(17)30)10-3-11-31-2/h4-9,12-13H,3,10-11H2,1-2H3,(H,26,29)(H,27,33). The molecule has 3 aromatic rings. The van der Waals surface area contributed by atoms with E-state index in [9.17, 15) is 22.8 Å². The largest absolute Gasteiger partial charge is 0.573 e. The number of carbonyl (C=O) groups is 1. The van der Waals surface area contributed by atoms with E-state index in [1.165, 1.54) is 41.0 Å². The zero-order valence-electron chi connectivity index (χ0n) is 17.9. The maximum atomic E-state index is 12.8. The number of H-pyrrole nitrogens is 1. The Morgan fingerprint density at radius 2 is 1.91 bits per heavy atom. The molecular weight excluding hydrogens is 459 g/mol. The Hall–Kier alpha value is -3.18. The fourth-order valence-corrected chi connectivity index (χ4v) is 3.57. The van der Waals surface area contributed by atoms with Crippen LogP contribution in [0.2, 0.25) is 0 Å². The number of ether oxygens (including phenoxy) is 2. The number of halogens is 3. The molecular formula is C22H22F3N3O4S. The molecule has 0 saturated carbocycles. The van der Waals surface area contributed by atoms with Crippen molar-refractivity contribution in [2.45, 2.75) is 32.3 Å². The predicted octanol–water partition coefficient (Wildman–Crippen LogP) is 4.49. The first-order valence-corrected chi connectivity index (χ1v) is 10.4. The summed E-state index contributed by atoms with van der Waals surface area (Å²) in [5.41, 5.74) is 1.07. The van der Waals surface area contributed by atoms with Crippen molar-refractivity contribution in [3.05, 3.63) is 68.7 Å². The summed E-state index contributed by atoms with van der Waals surface area (Å²) in [6.07, 6.45) is -4.15. The monoisotopic (exact) mass is 481 g/mol. The molecule has 3 rings (SSSR count). The van der Waals surface area contributed by atoms with Crippen LogP contribution >= 0.6 is 12.2 Å². The number of benzene rings is 2. The molecule has 0 bridgehead atoms. The summed E-state index contributed by atoms with van der Waals surface area (Å²) in [4.78, 5) is 28.5. The molecule has 7 nitrogen and oxygen atoms in total. The third kappa shape index (κ3) is 6.20. The molecule has 1 aromatic heterocycles. The van der Waals surface area contributed by atoms with Crippen LogP contribution in [0, 0.1) is 4.77 Å². The quantitative estimate of drug-likeness (QED) is 0.366. The molecule has 2 aromatic carbocycles. The molecule has 0 aliphatic rings. The first-order valence-electron chi connectivity index (χ1n) is 10.0. The predicted molar refractivity (Wildman–Crippen MR) is 119 cm³/mol. The molecule has 0 spiro atoms. The fourth-order valence-electron chi connectivity index (χ4n) is 3.29. The molecule has 176 valence electrons. The number of methoxy groups -OCH3 is 1. The number of nitrogens with zero attached hydrogens (tertiary/aromatic N) is 1. The maximum Gasteiger partial charge on any atom is 0.573 e. The van der Waals surface area contributed by atoms with Crippen molar-refractivity contribution >= 4 is 29.0 Å². The van der Waals surface area contributed by atoms with Crippen molar-refractivity contribution in [2.24, 2.45) is 0 Å². The number of aromatic nitrogens is 2. The van der Waals surface area contributed by atoms with Crippen LogP contribution in [0.4, 0.5) is 13.2 Å². The van der Waals surface area contributed by atoms with E-state index >= 15 is 0 Å². The highest BCUT2D eigenvalue weighted by Gasteiger charge is 2.31. The first-order chi connectivity index (χ1) is 15.6. The van der Waals surface area contributed by atoms with Crippen LogP contribution in [-0.4, -0.2) is 35.5 Å². The number of nitrogens with one attached hydrogen (secondary N) is 2. The highest BCUT2D eigenvalue weighted by Crippen LogP contribution is 2.24. The topological polar surface area (TPSA) is 85.3 Å². The third-order valence-electron chi connectivity index (χ3n) is 4.94. The second-order valence-electron chi connectivity index (χ2n) is 7.31. The molecule has 0 fully saturated rings. The molecule has 1 unspecified atom stereocenters. The summed E-state index contributed by atoms with van der Waals surface area (Å²) in [6.45, 7) is 2.60. The molecule has 0 aliphatic heterocycles. The van der Waals surface area contributed by atoms with Crippen LogP contribution < -0.4 is 15.6 Å². The zero-order chi connectivity index (χ0) is 24.2. The summed E-state index contributed by atoms with van der Waals surface area (Å²) < 4.78 is 47.4. The van der Waals surface area contributed by atoms with E-state index in [1.54, 1.807) is 20.1 Å². The summed E-state index contributed by atoms with van der Waals surface area (Å²) in [7, 11) is 1.58. The summed E-state index contributed by atoms with van der Waals surface area (Å²) >= 11 is 5.29. The van der Waals surface area contributed by atoms with Crippen LogP contribution in [0.15, 0.2) is 47.3 Å². The second kappa shape index (κ2) is 10.2. The summed E-state index contributed by atoms with van der Waals surface area (Å²) in [5.74, 6) is -0.758. The Kier molecular flexibility index (Phi) is 7.54. The number of hydrogen-bond acceptors (Lipinski definition) is 5. The lowest BCUT2D eigenvalue weighted by Gasteiger charge is -2.16. The van der Waals surface area contributed by atoms with Gasteiger partial charge < -0.3 is 19.8 Å². The average Bonchev–Trinajstić information content (AvgIpc) is 2.75.